The van der Waals surface area contributed by atoms with Gasteiger partial charge >= 0.3 is 0 Å². The predicted molar refractivity (Wildman–Crippen MR) is 87.5 cm³/mol. The van der Waals surface area contributed by atoms with Gasteiger partial charge in [-0.1, -0.05) is 49.7 Å². The monoisotopic (exact) mass is 300 g/mol. The lowest BCUT2D eigenvalue weighted by atomic mass is 10.1. The molecule has 108 valence electrons. The van der Waals surface area contributed by atoms with E-state index in [0.29, 0.717) is 22.3 Å². The predicted octanol–water partition coefficient (Wildman–Crippen LogP) is 4.66. The lowest BCUT2D eigenvalue weighted by Gasteiger charge is -2.05. The SMILES string of the molecule is CC(C)/C=C/c1ccc(C(=O)Nc2ccnc(Cl)c2)cc1. The first-order valence-electron chi connectivity index (χ1n) is 6.76. The molecule has 1 heterocycles. The van der Waals surface area contributed by atoms with E-state index in [-0.39, 0.29) is 5.91 Å². The molecule has 2 rings (SSSR count). The molecular weight excluding hydrogens is 284 g/mol. The van der Waals surface area contributed by atoms with Gasteiger partial charge in [0.1, 0.15) is 5.15 Å². The average Bonchev–Trinajstić information content (AvgIpc) is 2.45. The normalized spacial score (nSPS) is 11.0. The molecule has 0 saturated heterocycles. The van der Waals surface area contributed by atoms with Crippen LogP contribution in [0.3, 0.4) is 0 Å². The molecule has 3 nitrogen and oxygen atoms in total. The maximum absolute atomic E-state index is 12.1. The van der Waals surface area contributed by atoms with Gasteiger partial charge in [-0.25, -0.2) is 4.98 Å². The summed E-state index contributed by atoms with van der Waals surface area (Å²) in [5.41, 5.74) is 2.31. The smallest absolute Gasteiger partial charge is 0.255 e. The Morgan fingerprint density at radius 1 is 1.24 bits per heavy atom. The first-order valence-corrected chi connectivity index (χ1v) is 7.13. The summed E-state index contributed by atoms with van der Waals surface area (Å²) < 4.78 is 0. The Balaban J connectivity index is 2.06. The van der Waals surface area contributed by atoms with Gasteiger partial charge in [0.25, 0.3) is 5.91 Å². The third-order valence-electron chi connectivity index (χ3n) is 2.83. The van der Waals surface area contributed by atoms with E-state index >= 15 is 0 Å². The number of aromatic nitrogens is 1. The molecule has 0 aliphatic heterocycles. The van der Waals surface area contributed by atoms with Crippen LogP contribution in [-0.2, 0) is 0 Å². The highest BCUT2D eigenvalue weighted by Crippen LogP contribution is 2.14. The van der Waals surface area contributed by atoms with Crippen molar-refractivity contribution < 1.29 is 4.79 Å². The quantitative estimate of drug-likeness (QED) is 0.835. The number of benzene rings is 1. The number of nitrogens with zero attached hydrogens (tertiary/aromatic N) is 1. The van der Waals surface area contributed by atoms with Crippen molar-refractivity contribution in [3.05, 3.63) is 65.0 Å². The van der Waals surface area contributed by atoms with E-state index in [9.17, 15) is 4.79 Å². The Morgan fingerprint density at radius 3 is 2.57 bits per heavy atom. The van der Waals surface area contributed by atoms with Crippen LogP contribution in [0.4, 0.5) is 5.69 Å². The molecule has 0 spiro atoms. The Morgan fingerprint density at radius 2 is 1.95 bits per heavy atom. The number of carbonyl (C=O) groups is 1. The van der Waals surface area contributed by atoms with Crippen LogP contribution in [0.25, 0.3) is 6.08 Å². The third kappa shape index (κ3) is 4.72. The molecule has 1 aromatic heterocycles. The zero-order chi connectivity index (χ0) is 15.2. The second-order valence-electron chi connectivity index (χ2n) is 5.05. The molecule has 4 heteroatoms. The van der Waals surface area contributed by atoms with E-state index in [2.05, 4.69) is 36.3 Å². The maximum atomic E-state index is 12.1. The number of hydrogen-bond acceptors (Lipinski definition) is 2. The molecule has 0 aliphatic carbocycles. The molecule has 0 unspecified atom stereocenters. The molecule has 0 aliphatic rings. The Labute approximate surface area is 129 Å². The van der Waals surface area contributed by atoms with E-state index in [4.69, 9.17) is 11.6 Å². The van der Waals surface area contributed by atoms with Gasteiger partial charge in [0.2, 0.25) is 0 Å². The van der Waals surface area contributed by atoms with Crippen LogP contribution in [0.1, 0.15) is 29.8 Å². The number of hydrogen-bond donors (Lipinski definition) is 1. The van der Waals surface area contributed by atoms with Crippen molar-refractivity contribution in [1.29, 1.82) is 0 Å². The van der Waals surface area contributed by atoms with Gasteiger partial charge in [-0.3, -0.25) is 4.79 Å². The number of allylic oxidation sites excluding steroid dienone is 1. The van der Waals surface area contributed by atoms with Crippen LogP contribution in [0.15, 0.2) is 48.7 Å². The van der Waals surface area contributed by atoms with Gasteiger partial charge in [-0.05, 0) is 35.7 Å². The van der Waals surface area contributed by atoms with E-state index in [0.717, 1.165) is 5.56 Å². The second kappa shape index (κ2) is 7.04. The van der Waals surface area contributed by atoms with Crippen molar-refractivity contribution in [3.63, 3.8) is 0 Å². The summed E-state index contributed by atoms with van der Waals surface area (Å²) in [5, 5.41) is 3.14. The number of halogens is 1. The van der Waals surface area contributed by atoms with Crippen LogP contribution < -0.4 is 5.32 Å². The Bertz CT molecular complexity index is 648. The molecule has 1 amide bonds. The van der Waals surface area contributed by atoms with Crippen LogP contribution in [0.2, 0.25) is 5.15 Å². The van der Waals surface area contributed by atoms with Crippen molar-refractivity contribution in [2.75, 3.05) is 5.32 Å². The van der Waals surface area contributed by atoms with Crippen molar-refractivity contribution in [3.8, 4) is 0 Å². The fourth-order valence-corrected chi connectivity index (χ4v) is 1.91. The molecule has 21 heavy (non-hydrogen) atoms. The summed E-state index contributed by atoms with van der Waals surface area (Å²) in [6, 6.07) is 10.8. The van der Waals surface area contributed by atoms with Crippen LogP contribution in [-0.4, -0.2) is 10.9 Å². The molecule has 0 bridgehead atoms. The molecule has 2 aromatic rings. The lowest BCUT2D eigenvalue weighted by Crippen LogP contribution is -2.11. The van der Waals surface area contributed by atoms with Gasteiger partial charge < -0.3 is 5.32 Å². The number of anilines is 1. The highest BCUT2D eigenvalue weighted by Gasteiger charge is 2.06. The standard InChI is InChI=1S/C17H17ClN2O/c1-12(2)3-4-13-5-7-14(8-6-13)17(21)20-15-9-10-19-16(18)11-15/h3-12H,1-2H3,(H,19,20,21)/b4-3+. The summed E-state index contributed by atoms with van der Waals surface area (Å²) >= 11 is 5.79. The lowest BCUT2D eigenvalue weighted by molar-refractivity contribution is 0.102. The molecule has 1 aromatic carbocycles. The molecule has 0 saturated carbocycles. The number of pyridine rings is 1. The zero-order valence-corrected chi connectivity index (χ0v) is 12.8. The third-order valence-corrected chi connectivity index (χ3v) is 3.04. The van der Waals surface area contributed by atoms with Gasteiger partial charge in [0.05, 0.1) is 0 Å². The fraction of sp³-hybridized carbons (Fsp3) is 0.176. The van der Waals surface area contributed by atoms with Gasteiger partial charge in [-0.2, -0.15) is 0 Å². The number of rotatable bonds is 4. The van der Waals surface area contributed by atoms with Crippen molar-refractivity contribution in [1.82, 2.24) is 4.98 Å². The van der Waals surface area contributed by atoms with Crippen LogP contribution in [0, 0.1) is 5.92 Å². The summed E-state index contributed by atoms with van der Waals surface area (Å²) in [7, 11) is 0. The maximum Gasteiger partial charge on any atom is 0.255 e. The zero-order valence-electron chi connectivity index (χ0n) is 12.0. The van der Waals surface area contributed by atoms with Gasteiger partial charge in [-0.15, -0.1) is 0 Å². The Kier molecular flexibility index (Phi) is 5.12. The van der Waals surface area contributed by atoms with Gasteiger partial charge in [0.15, 0.2) is 0 Å². The van der Waals surface area contributed by atoms with E-state index in [1.165, 1.54) is 0 Å². The molecule has 0 atom stereocenters. The number of nitrogens with one attached hydrogen (secondary N) is 1. The minimum Gasteiger partial charge on any atom is -0.322 e. The number of amides is 1. The summed E-state index contributed by atoms with van der Waals surface area (Å²) in [6.07, 6.45) is 5.72. The molecule has 0 radical (unpaired) electrons. The minimum absolute atomic E-state index is 0.170. The van der Waals surface area contributed by atoms with E-state index < -0.39 is 0 Å². The molecule has 1 N–H and O–H groups in total. The minimum atomic E-state index is -0.170. The molecule has 0 fully saturated rings. The van der Waals surface area contributed by atoms with E-state index in [1.807, 2.05) is 12.1 Å². The topological polar surface area (TPSA) is 42.0 Å². The average molecular weight is 301 g/mol. The first kappa shape index (κ1) is 15.3. The summed E-state index contributed by atoms with van der Waals surface area (Å²) in [6.45, 7) is 4.25. The van der Waals surface area contributed by atoms with Crippen molar-refractivity contribution in [2.24, 2.45) is 5.92 Å². The number of carbonyl (C=O) groups excluding carboxylic acids is 1. The largest absolute Gasteiger partial charge is 0.322 e. The van der Waals surface area contributed by atoms with Crippen LogP contribution >= 0.6 is 11.6 Å². The molecular formula is C17H17ClN2O. The summed E-state index contributed by atoms with van der Waals surface area (Å²) in [4.78, 5) is 16.0. The Hall–Kier alpha value is -2.13. The van der Waals surface area contributed by atoms with Crippen molar-refractivity contribution >= 4 is 29.3 Å². The van der Waals surface area contributed by atoms with Crippen molar-refractivity contribution in [2.45, 2.75) is 13.8 Å². The highest BCUT2D eigenvalue weighted by atomic mass is 35.5. The highest BCUT2D eigenvalue weighted by molar-refractivity contribution is 6.29. The van der Waals surface area contributed by atoms with Gasteiger partial charge in [0, 0.05) is 17.4 Å². The second-order valence-corrected chi connectivity index (χ2v) is 5.43. The summed E-state index contributed by atoms with van der Waals surface area (Å²) in [5.74, 6) is 0.334. The van der Waals surface area contributed by atoms with Crippen LogP contribution in [0.5, 0.6) is 0 Å². The van der Waals surface area contributed by atoms with E-state index in [1.54, 1.807) is 30.5 Å². The fourth-order valence-electron chi connectivity index (χ4n) is 1.73. The first-order chi connectivity index (χ1) is 10.0.